The summed E-state index contributed by atoms with van der Waals surface area (Å²) in [6, 6.07) is 9.50. The van der Waals surface area contributed by atoms with E-state index in [4.69, 9.17) is 10.00 Å². The largest absolute Gasteiger partial charge is 0.465 e. The Balaban J connectivity index is 2.67. The Kier molecular flexibility index (Phi) is 2.61. The average Bonchev–Trinajstić information content (AvgIpc) is 2.68. The highest BCUT2D eigenvalue weighted by Crippen LogP contribution is 2.21. The number of para-hydroxylation sites is 1. The second-order valence-corrected chi connectivity index (χ2v) is 3.34. The van der Waals surface area contributed by atoms with E-state index in [0.29, 0.717) is 5.56 Å². The fourth-order valence-corrected chi connectivity index (χ4v) is 1.73. The molecule has 0 spiro atoms. The highest BCUT2D eigenvalue weighted by atomic mass is 16.5. The minimum absolute atomic E-state index is 0.220. The van der Waals surface area contributed by atoms with Crippen molar-refractivity contribution in [1.29, 1.82) is 5.26 Å². The van der Waals surface area contributed by atoms with Gasteiger partial charge in [0, 0.05) is 17.1 Å². The van der Waals surface area contributed by atoms with E-state index in [1.807, 2.05) is 24.3 Å². The maximum Gasteiger partial charge on any atom is 0.340 e. The molecule has 0 saturated heterocycles. The van der Waals surface area contributed by atoms with Crippen LogP contribution in [-0.4, -0.2) is 17.6 Å². The van der Waals surface area contributed by atoms with Gasteiger partial charge in [-0.1, -0.05) is 18.2 Å². The number of nitrogens with zero attached hydrogens (tertiary/aromatic N) is 2. The first-order valence-corrected chi connectivity index (χ1v) is 4.81. The van der Waals surface area contributed by atoms with Gasteiger partial charge >= 0.3 is 5.97 Å². The van der Waals surface area contributed by atoms with Crippen molar-refractivity contribution in [2.45, 2.75) is 6.54 Å². The Morgan fingerprint density at radius 2 is 2.25 bits per heavy atom. The molecule has 0 atom stereocenters. The Morgan fingerprint density at radius 1 is 1.50 bits per heavy atom. The second-order valence-electron chi connectivity index (χ2n) is 3.34. The monoisotopic (exact) mass is 214 g/mol. The fourth-order valence-electron chi connectivity index (χ4n) is 1.73. The van der Waals surface area contributed by atoms with Crippen LogP contribution in [0.1, 0.15) is 10.4 Å². The molecule has 1 heterocycles. The fraction of sp³-hybridized carbons (Fsp3) is 0.167. The van der Waals surface area contributed by atoms with Gasteiger partial charge in [-0.3, -0.25) is 0 Å². The van der Waals surface area contributed by atoms with Gasteiger partial charge in [0.05, 0.1) is 18.7 Å². The quantitative estimate of drug-likeness (QED) is 0.718. The number of rotatable bonds is 2. The predicted octanol–water partition coefficient (Wildman–Crippen LogP) is 1.95. The zero-order valence-corrected chi connectivity index (χ0v) is 8.80. The molecule has 1 aromatic heterocycles. The van der Waals surface area contributed by atoms with Crippen molar-refractivity contribution >= 4 is 16.9 Å². The number of benzene rings is 1. The van der Waals surface area contributed by atoms with Gasteiger partial charge in [0.2, 0.25) is 0 Å². The topological polar surface area (TPSA) is 55.0 Å². The summed E-state index contributed by atoms with van der Waals surface area (Å²) in [4.78, 5) is 11.5. The molecule has 0 aliphatic carbocycles. The maximum absolute atomic E-state index is 11.5. The number of nitriles is 1. The van der Waals surface area contributed by atoms with E-state index in [-0.39, 0.29) is 12.5 Å². The number of methoxy groups -OCH3 is 1. The molecule has 0 unspecified atom stereocenters. The standard InChI is InChI=1S/C12H10N2O2/c1-16-12(15)10-8-14(7-6-13)11-5-3-2-4-9(10)11/h2-5,8H,7H2,1H3. The van der Waals surface area contributed by atoms with Gasteiger partial charge in [-0.2, -0.15) is 5.26 Å². The molecule has 0 aliphatic rings. The molecule has 16 heavy (non-hydrogen) atoms. The number of aromatic nitrogens is 1. The van der Waals surface area contributed by atoms with Gasteiger partial charge in [0.15, 0.2) is 0 Å². The van der Waals surface area contributed by atoms with Crippen LogP contribution in [0.3, 0.4) is 0 Å². The lowest BCUT2D eigenvalue weighted by atomic mass is 10.2. The van der Waals surface area contributed by atoms with Crippen molar-refractivity contribution < 1.29 is 9.53 Å². The lowest BCUT2D eigenvalue weighted by molar-refractivity contribution is 0.0603. The Morgan fingerprint density at radius 3 is 2.94 bits per heavy atom. The molecular formula is C12H10N2O2. The van der Waals surface area contributed by atoms with Crippen LogP contribution in [0.5, 0.6) is 0 Å². The smallest absolute Gasteiger partial charge is 0.340 e. The van der Waals surface area contributed by atoms with Gasteiger partial charge < -0.3 is 9.30 Å². The van der Waals surface area contributed by atoms with Gasteiger partial charge in [0.1, 0.15) is 6.54 Å². The third kappa shape index (κ3) is 1.52. The van der Waals surface area contributed by atoms with Crippen LogP contribution in [0.2, 0.25) is 0 Å². The molecule has 4 nitrogen and oxygen atoms in total. The summed E-state index contributed by atoms with van der Waals surface area (Å²) in [5.41, 5.74) is 1.36. The molecule has 1 aromatic carbocycles. The van der Waals surface area contributed by atoms with Gasteiger partial charge in [-0.05, 0) is 6.07 Å². The van der Waals surface area contributed by atoms with Crippen molar-refractivity contribution in [3.05, 3.63) is 36.0 Å². The minimum atomic E-state index is -0.382. The van der Waals surface area contributed by atoms with E-state index in [1.54, 1.807) is 10.8 Å². The van der Waals surface area contributed by atoms with E-state index in [9.17, 15) is 4.79 Å². The van der Waals surface area contributed by atoms with Gasteiger partial charge in [0.25, 0.3) is 0 Å². The first-order valence-electron chi connectivity index (χ1n) is 4.81. The van der Waals surface area contributed by atoms with Crippen LogP contribution >= 0.6 is 0 Å². The summed E-state index contributed by atoms with van der Waals surface area (Å²) in [6.45, 7) is 0.220. The molecule has 2 aromatic rings. The number of carbonyl (C=O) groups excluding carboxylic acids is 1. The minimum Gasteiger partial charge on any atom is -0.465 e. The molecule has 0 fully saturated rings. The zero-order valence-electron chi connectivity index (χ0n) is 8.80. The average molecular weight is 214 g/mol. The van der Waals surface area contributed by atoms with Crippen molar-refractivity contribution in [3.63, 3.8) is 0 Å². The lowest BCUT2D eigenvalue weighted by Gasteiger charge is -1.96. The van der Waals surface area contributed by atoms with Crippen LogP contribution < -0.4 is 0 Å². The van der Waals surface area contributed by atoms with E-state index < -0.39 is 0 Å². The normalized spacial score (nSPS) is 10.0. The summed E-state index contributed by atoms with van der Waals surface area (Å²) >= 11 is 0. The molecular weight excluding hydrogens is 204 g/mol. The number of hydrogen-bond donors (Lipinski definition) is 0. The SMILES string of the molecule is COC(=O)c1cn(CC#N)c2ccccc12. The second kappa shape index (κ2) is 4.07. The van der Waals surface area contributed by atoms with Crippen molar-refractivity contribution in [1.82, 2.24) is 4.57 Å². The molecule has 0 bridgehead atoms. The van der Waals surface area contributed by atoms with Crippen LogP contribution in [-0.2, 0) is 11.3 Å². The van der Waals surface area contributed by atoms with Crippen molar-refractivity contribution in [3.8, 4) is 6.07 Å². The summed E-state index contributed by atoms with van der Waals surface area (Å²) in [5.74, 6) is -0.382. The van der Waals surface area contributed by atoms with E-state index in [0.717, 1.165) is 10.9 Å². The molecule has 0 amide bonds. The maximum atomic E-state index is 11.5. The van der Waals surface area contributed by atoms with Crippen LogP contribution in [0, 0.1) is 11.3 Å². The van der Waals surface area contributed by atoms with E-state index >= 15 is 0 Å². The lowest BCUT2D eigenvalue weighted by Crippen LogP contribution is -2.00. The molecule has 80 valence electrons. The third-order valence-corrected chi connectivity index (χ3v) is 2.43. The third-order valence-electron chi connectivity index (χ3n) is 2.43. The van der Waals surface area contributed by atoms with E-state index in [1.165, 1.54) is 7.11 Å². The van der Waals surface area contributed by atoms with Crippen molar-refractivity contribution in [2.24, 2.45) is 0 Å². The highest BCUT2D eigenvalue weighted by Gasteiger charge is 2.14. The number of hydrogen-bond acceptors (Lipinski definition) is 3. The highest BCUT2D eigenvalue weighted by molar-refractivity contribution is 6.04. The summed E-state index contributed by atoms with van der Waals surface area (Å²) in [7, 11) is 1.35. The van der Waals surface area contributed by atoms with Crippen molar-refractivity contribution in [2.75, 3.05) is 7.11 Å². The molecule has 0 saturated carbocycles. The number of carbonyl (C=O) groups is 1. The zero-order chi connectivity index (χ0) is 11.5. The predicted molar refractivity (Wildman–Crippen MR) is 58.9 cm³/mol. The van der Waals surface area contributed by atoms with Crippen LogP contribution in [0.4, 0.5) is 0 Å². The Labute approximate surface area is 92.7 Å². The number of esters is 1. The molecule has 0 aliphatic heterocycles. The molecule has 0 radical (unpaired) electrons. The molecule has 4 heteroatoms. The van der Waals surface area contributed by atoms with Crippen LogP contribution in [0.25, 0.3) is 10.9 Å². The first kappa shape index (κ1) is 10.2. The van der Waals surface area contributed by atoms with Gasteiger partial charge in [-0.15, -0.1) is 0 Å². The number of ether oxygens (including phenoxy) is 1. The summed E-state index contributed by atoms with van der Waals surface area (Å²) < 4.78 is 6.44. The van der Waals surface area contributed by atoms with E-state index in [2.05, 4.69) is 6.07 Å². The van der Waals surface area contributed by atoms with Gasteiger partial charge in [-0.25, -0.2) is 4.79 Å². The van der Waals surface area contributed by atoms with Crippen LogP contribution in [0.15, 0.2) is 30.5 Å². The Bertz CT molecular complexity index is 578. The number of fused-ring (bicyclic) bond motifs is 1. The Hall–Kier alpha value is -2.28. The summed E-state index contributed by atoms with van der Waals surface area (Å²) in [5, 5.41) is 9.51. The first-order chi connectivity index (χ1) is 7.77. The molecule has 2 rings (SSSR count). The summed E-state index contributed by atoms with van der Waals surface area (Å²) in [6.07, 6.45) is 1.65. The molecule has 0 N–H and O–H groups in total.